The van der Waals surface area contributed by atoms with E-state index in [0.29, 0.717) is 18.9 Å². The van der Waals surface area contributed by atoms with E-state index in [4.69, 9.17) is 4.74 Å². The van der Waals surface area contributed by atoms with E-state index >= 15 is 0 Å². The fourth-order valence-electron chi connectivity index (χ4n) is 2.45. The monoisotopic (exact) mass is 326 g/mol. The molecule has 0 aromatic rings. The van der Waals surface area contributed by atoms with Gasteiger partial charge in [-0.15, -0.1) is 0 Å². The molecule has 0 unspecified atom stereocenters. The molecule has 0 bridgehead atoms. The molecule has 1 rings (SSSR count). The molecule has 5 nitrogen and oxygen atoms in total. The summed E-state index contributed by atoms with van der Waals surface area (Å²) in [6.07, 6.45) is 0.531. The molecule has 1 aliphatic heterocycles. The lowest BCUT2D eigenvalue weighted by molar-refractivity contribution is -0.128. The first kappa shape index (κ1) is 19.9. The second kappa shape index (κ2) is 6.80. The van der Waals surface area contributed by atoms with E-state index in [1.165, 1.54) is 0 Å². The number of hydrogen-bond acceptors (Lipinski definition) is 4. The van der Waals surface area contributed by atoms with Crippen molar-refractivity contribution in [2.75, 3.05) is 13.2 Å². The number of hydrogen-bond donors (Lipinski definition) is 2. The lowest BCUT2D eigenvalue weighted by Crippen LogP contribution is -2.51. The van der Waals surface area contributed by atoms with Crippen molar-refractivity contribution < 1.29 is 14.6 Å². The van der Waals surface area contributed by atoms with Gasteiger partial charge in [0, 0.05) is 12.6 Å². The first-order valence-corrected chi connectivity index (χ1v) is 8.43. The second-order valence-corrected chi connectivity index (χ2v) is 9.16. The first-order valence-electron chi connectivity index (χ1n) is 8.43. The maximum absolute atomic E-state index is 12.8. The molecule has 0 fully saturated rings. The average Bonchev–Trinajstić information content (AvgIpc) is 2.86. The molecule has 1 aliphatic rings. The van der Waals surface area contributed by atoms with Crippen molar-refractivity contribution in [1.29, 1.82) is 0 Å². The standard InChI is InChI=1S/C18H34N2O3/c1-16(2,3)12(9-10-21)19-14(22)18(7,8)15-20-13(11-23-15)17(4,5)6/h12-13,21H,9-11H2,1-8H3,(H,19,22)/t12-,13+/m1/s1. The average molecular weight is 326 g/mol. The Bertz CT molecular complexity index is 456. The SMILES string of the molecule is CC(C)(C(=O)N[C@H](CCO)C(C)(C)C)C1=N[C@H](C(C)(C)C)CO1. The topological polar surface area (TPSA) is 70.9 Å². The number of aliphatic hydroxyl groups excluding tert-OH is 1. The van der Waals surface area contributed by atoms with E-state index in [1.807, 2.05) is 13.8 Å². The van der Waals surface area contributed by atoms with E-state index in [1.54, 1.807) is 0 Å². The van der Waals surface area contributed by atoms with Gasteiger partial charge in [-0.1, -0.05) is 41.5 Å². The number of aliphatic hydroxyl groups is 1. The lowest BCUT2D eigenvalue weighted by Gasteiger charge is -2.34. The molecule has 0 aromatic carbocycles. The van der Waals surface area contributed by atoms with Crippen LogP contribution < -0.4 is 5.32 Å². The van der Waals surface area contributed by atoms with Gasteiger partial charge in [0.05, 0.1) is 6.04 Å². The van der Waals surface area contributed by atoms with E-state index < -0.39 is 5.41 Å². The van der Waals surface area contributed by atoms with Crippen LogP contribution in [0, 0.1) is 16.2 Å². The Kier molecular flexibility index (Phi) is 5.89. The molecule has 134 valence electrons. The van der Waals surface area contributed by atoms with Crippen LogP contribution in [0.1, 0.15) is 61.8 Å². The van der Waals surface area contributed by atoms with Crippen LogP contribution in [0.3, 0.4) is 0 Å². The van der Waals surface area contributed by atoms with E-state index in [9.17, 15) is 9.90 Å². The third kappa shape index (κ3) is 4.93. The predicted octanol–water partition coefficient (Wildman–Crippen LogP) is 2.77. The van der Waals surface area contributed by atoms with Crippen LogP contribution in [0.15, 0.2) is 4.99 Å². The Hall–Kier alpha value is -1.10. The van der Waals surface area contributed by atoms with E-state index in [2.05, 4.69) is 51.9 Å². The Morgan fingerprint density at radius 1 is 1.26 bits per heavy atom. The van der Waals surface area contributed by atoms with Gasteiger partial charge < -0.3 is 15.2 Å². The Morgan fingerprint density at radius 3 is 2.22 bits per heavy atom. The highest BCUT2D eigenvalue weighted by molar-refractivity contribution is 6.04. The van der Waals surface area contributed by atoms with Crippen LogP contribution in [0.25, 0.3) is 0 Å². The Labute approximate surface area is 140 Å². The molecule has 0 saturated carbocycles. The minimum Gasteiger partial charge on any atom is -0.478 e. The minimum atomic E-state index is -0.820. The highest BCUT2D eigenvalue weighted by Crippen LogP contribution is 2.32. The molecule has 0 spiro atoms. The molecule has 0 aliphatic carbocycles. The number of nitrogens with one attached hydrogen (secondary N) is 1. The zero-order valence-corrected chi connectivity index (χ0v) is 16.0. The van der Waals surface area contributed by atoms with Crippen molar-refractivity contribution in [2.24, 2.45) is 21.2 Å². The number of carbonyl (C=O) groups is 1. The summed E-state index contributed by atoms with van der Waals surface area (Å²) in [6.45, 7) is 16.8. The van der Waals surface area contributed by atoms with Gasteiger partial charge >= 0.3 is 0 Å². The van der Waals surface area contributed by atoms with Crippen LogP contribution in [-0.2, 0) is 9.53 Å². The lowest BCUT2D eigenvalue weighted by atomic mass is 9.83. The van der Waals surface area contributed by atoms with Crippen molar-refractivity contribution in [3.63, 3.8) is 0 Å². The van der Waals surface area contributed by atoms with Crippen molar-refractivity contribution in [3.05, 3.63) is 0 Å². The highest BCUT2D eigenvalue weighted by atomic mass is 16.5. The summed E-state index contributed by atoms with van der Waals surface area (Å²) in [5.74, 6) is 0.394. The van der Waals surface area contributed by atoms with Crippen molar-refractivity contribution in [3.8, 4) is 0 Å². The fourth-order valence-corrected chi connectivity index (χ4v) is 2.45. The van der Waals surface area contributed by atoms with Crippen LogP contribution in [0.4, 0.5) is 0 Å². The zero-order valence-electron chi connectivity index (χ0n) is 16.0. The number of aliphatic imine (C=N–C) groups is 1. The molecule has 0 aromatic heterocycles. The molecule has 1 heterocycles. The quantitative estimate of drug-likeness (QED) is 0.816. The van der Waals surface area contributed by atoms with Crippen LogP contribution >= 0.6 is 0 Å². The van der Waals surface area contributed by atoms with Crippen LogP contribution in [-0.4, -0.2) is 42.2 Å². The second-order valence-electron chi connectivity index (χ2n) is 9.16. The van der Waals surface area contributed by atoms with E-state index in [-0.39, 0.29) is 35.4 Å². The van der Waals surface area contributed by atoms with Gasteiger partial charge in [-0.05, 0) is 31.1 Å². The number of ether oxygens (including phenoxy) is 1. The number of nitrogens with zero attached hydrogens (tertiary/aromatic N) is 1. The molecule has 0 radical (unpaired) electrons. The van der Waals surface area contributed by atoms with Crippen molar-refractivity contribution in [2.45, 2.75) is 73.9 Å². The minimum absolute atomic E-state index is 0.0130. The number of amides is 1. The summed E-state index contributed by atoms with van der Waals surface area (Å²) in [5.41, 5.74) is -0.932. The van der Waals surface area contributed by atoms with E-state index in [0.717, 1.165) is 0 Å². The van der Waals surface area contributed by atoms with Gasteiger partial charge in [-0.25, -0.2) is 4.99 Å². The summed E-state index contributed by atoms with van der Waals surface area (Å²) in [5, 5.41) is 12.3. The molecule has 23 heavy (non-hydrogen) atoms. The summed E-state index contributed by atoms with van der Waals surface area (Å²) < 4.78 is 5.74. The summed E-state index contributed by atoms with van der Waals surface area (Å²) in [6, 6.07) is -0.0277. The summed E-state index contributed by atoms with van der Waals surface area (Å²) in [7, 11) is 0. The first-order chi connectivity index (χ1) is 10.3. The normalized spacial score (nSPS) is 20.7. The van der Waals surface area contributed by atoms with Gasteiger partial charge in [0.1, 0.15) is 12.0 Å². The number of rotatable bonds is 5. The predicted molar refractivity (Wildman–Crippen MR) is 93.5 cm³/mol. The van der Waals surface area contributed by atoms with Gasteiger partial charge in [0.25, 0.3) is 0 Å². The third-order valence-corrected chi connectivity index (χ3v) is 4.52. The fraction of sp³-hybridized carbons (Fsp3) is 0.889. The van der Waals surface area contributed by atoms with Crippen LogP contribution in [0.5, 0.6) is 0 Å². The maximum atomic E-state index is 12.8. The van der Waals surface area contributed by atoms with Crippen LogP contribution in [0.2, 0.25) is 0 Å². The van der Waals surface area contributed by atoms with Crippen molar-refractivity contribution in [1.82, 2.24) is 5.32 Å². The largest absolute Gasteiger partial charge is 0.478 e. The Morgan fingerprint density at radius 2 is 1.83 bits per heavy atom. The molecule has 1 amide bonds. The maximum Gasteiger partial charge on any atom is 0.235 e. The number of carbonyl (C=O) groups excluding carboxylic acids is 1. The molecule has 0 saturated heterocycles. The molecule has 5 heteroatoms. The molecular weight excluding hydrogens is 292 g/mol. The molecule has 2 N–H and O–H groups in total. The van der Waals surface area contributed by atoms with Gasteiger partial charge in [0.15, 0.2) is 5.90 Å². The van der Waals surface area contributed by atoms with Crippen molar-refractivity contribution >= 4 is 11.8 Å². The highest BCUT2D eigenvalue weighted by Gasteiger charge is 2.42. The van der Waals surface area contributed by atoms with Gasteiger partial charge in [-0.2, -0.15) is 0 Å². The van der Waals surface area contributed by atoms with Gasteiger partial charge in [-0.3, -0.25) is 4.79 Å². The smallest absolute Gasteiger partial charge is 0.235 e. The molecule has 2 atom stereocenters. The third-order valence-electron chi connectivity index (χ3n) is 4.52. The zero-order chi connectivity index (χ0) is 18.1. The summed E-state index contributed by atoms with van der Waals surface area (Å²) >= 11 is 0. The summed E-state index contributed by atoms with van der Waals surface area (Å²) in [4.78, 5) is 17.4. The Balaban J connectivity index is 2.89. The van der Waals surface area contributed by atoms with Gasteiger partial charge in [0.2, 0.25) is 5.91 Å². The molecular formula is C18H34N2O3.